The van der Waals surface area contributed by atoms with E-state index in [0.29, 0.717) is 11.6 Å². The number of benzene rings is 1. The minimum atomic E-state index is -0.301. The zero-order valence-corrected chi connectivity index (χ0v) is 9.94. The number of nitrogens with one attached hydrogen (secondary N) is 1. The molecule has 0 radical (unpaired) electrons. The van der Waals surface area contributed by atoms with Gasteiger partial charge < -0.3 is 10.1 Å². The van der Waals surface area contributed by atoms with Gasteiger partial charge >= 0.3 is 5.97 Å². The largest absolute Gasteiger partial charge is 0.465 e. The van der Waals surface area contributed by atoms with Crippen molar-refractivity contribution in [2.24, 2.45) is 0 Å². The minimum Gasteiger partial charge on any atom is -0.465 e. The Bertz CT molecular complexity index is 357. The van der Waals surface area contributed by atoms with Gasteiger partial charge in [0.15, 0.2) is 0 Å². The summed E-state index contributed by atoms with van der Waals surface area (Å²) in [6, 6.07) is 5.21. The van der Waals surface area contributed by atoms with Crippen LogP contribution >= 0.6 is 24.2 Å². The van der Waals surface area contributed by atoms with Gasteiger partial charge in [0.05, 0.1) is 6.61 Å². The third-order valence-electron chi connectivity index (χ3n) is 1.69. The van der Waals surface area contributed by atoms with Gasteiger partial charge in [0, 0.05) is 15.6 Å². The van der Waals surface area contributed by atoms with E-state index in [9.17, 15) is 4.79 Å². The Morgan fingerprint density at radius 1 is 1.60 bits per heavy atom. The van der Waals surface area contributed by atoms with Gasteiger partial charge in [0.1, 0.15) is 6.54 Å². The highest BCUT2D eigenvalue weighted by Crippen LogP contribution is 2.23. The molecular formula is C10H12ClNO2S. The van der Waals surface area contributed by atoms with Gasteiger partial charge in [0.25, 0.3) is 0 Å². The van der Waals surface area contributed by atoms with E-state index in [1.807, 2.05) is 0 Å². The van der Waals surface area contributed by atoms with E-state index < -0.39 is 0 Å². The summed E-state index contributed by atoms with van der Waals surface area (Å²) in [5.74, 6) is -0.301. The minimum absolute atomic E-state index is 0.113. The topological polar surface area (TPSA) is 38.3 Å². The lowest BCUT2D eigenvalue weighted by atomic mass is 10.3. The number of carbonyl (C=O) groups is 1. The highest BCUT2D eigenvalue weighted by Gasteiger charge is 2.03. The molecule has 82 valence electrons. The quantitative estimate of drug-likeness (QED) is 0.633. The molecule has 1 aromatic carbocycles. The maximum Gasteiger partial charge on any atom is 0.325 e. The van der Waals surface area contributed by atoms with Gasteiger partial charge in [-0.2, -0.15) is 0 Å². The van der Waals surface area contributed by atoms with E-state index >= 15 is 0 Å². The second kappa shape index (κ2) is 5.88. The highest BCUT2D eigenvalue weighted by molar-refractivity contribution is 7.80. The maximum absolute atomic E-state index is 11.1. The van der Waals surface area contributed by atoms with Crippen molar-refractivity contribution in [3.63, 3.8) is 0 Å². The number of halogens is 1. The molecule has 1 aromatic rings. The van der Waals surface area contributed by atoms with Crippen LogP contribution in [-0.2, 0) is 9.53 Å². The fourth-order valence-corrected chi connectivity index (χ4v) is 1.42. The SMILES string of the molecule is CCOC(=O)CNc1cc(Cl)ccc1S. The van der Waals surface area contributed by atoms with Gasteiger partial charge in [-0.1, -0.05) is 11.6 Å². The molecule has 0 atom stereocenters. The molecule has 0 aliphatic carbocycles. The van der Waals surface area contributed by atoms with Gasteiger partial charge in [-0.3, -0.25) is 4.79 Å². The first-order valence-corrected chi connectivity index (χ1v) is 5.34. The van der Waals surface area contributed by atoms with Crippen LogP contribution in [0.3, 0.4) is 0 Å². The Kier molecular flexibility index (Phi) is 4.78. The molecule has 0 bridgehead atoms. The molecule has 0 aromatic heterocycles. The third kappa shape index (κ3) is 4.01. The van der Waals surface area contributed by atoms with E-state index in [0.717, 1.165) is 10.6 Å². The summed E-state index contributed by atoms with van der Waals surface area (Å²) in [5, 5.41) is 3.50. The first-order valence-electron chi connectivity index (χ1n) is 4.51. The van der Waals surface area contributed by atoms with Crippen molar-refractivity contribution in [1.29, 1.82) is 0 Å². The zero-order chi connectivity index (χ0) is 11.3. The summed E-state index contributed by atoms with van der Waals surface area (Å²) in [7, 11) is 0. The molecule has 1 N–H and O–H groups in total. The summed E-state index contributed by atoms with van der Waals surface area (Å²) in [6.07, 6.45) is 0. The van der Waals surface area contributed by atoms with Gasteiger partial charge in [-0.15, -0.1) is 12.6 Å². The Hall–Kier alpha value is -0.870. The first-order chi connectivity index (χ1) is 7.13. The molecule has 0 unspecified atom stereocenters. The van der Waals surface area contributed by atoms with Crippen LogP contribution in [0, 0.1) is 0 Å². The fourth-order valence-electron chi connectivity index (χ4n) is 1.03. The monoisotopic (exact) mass is 245 g/mol. The lowest BCUT2D eigenvalue weighted by Gasteiger charge is -2.08. The van der Waals surface area contributed by atoms with Crippen LogP contribution in [0.1, 0.15) is 6.92 Å². The van der Waals surface area contributed by atoms with Crippen molar-refractivity contribution < 1.29 is 9.53 Å². The average Bonchev–Trinajstić information content (AvgIpc) is 2.20. The van der Waals surface area contributed by atoms with Crippen molar-refractivity contribution >= 4 is 35.9 Å². The van der Waals surface area contributed by atoms with Crippen LogP contribution in [0.2, 0.25) is 5.02 Å². The van der Waals surface area contributed by atoms with Crippen LogP contribution in [0.5, 0.6) is 0 Å². The molecule has 0 aliphatic heterocycles. The number of hydrogen-bond acceptors (Lipinski definition) is 4. The molecule has 0 saturated heterocycles. The lowest BCUT2D eigenvalue weighted by Crippen LogP contribution is -2.16. The molecular weight excluding hydrogens is 234 g/mol. The van der Waals surface area contributed by atoms with Crippen LogP contribution in [0.4, 0.5) is 5.69 Å². The zero-order valence-electron chi connectivity index (χ0n) is 8.29. The van der Waals surface area contributed by atoms with Gasteiger partial charge in [0.2, 0.25) is 0 Å². The van der Waals surface area contributed by atoms with Crippen molar-refractivity contribution in [3.05, 3.63) is 23.2 Å². The van der Waals surface area contributed by atoms with Crippen LogP contribution in [0.25, 0.3) is 0 Å². The molecule has 0 heterocycles. The normalized spacial score (nSPS) is 9.80. The van der Waals surface area contributed by atoms with Crippen molar-refractivity contribution in [3.8, 4) is 0 Å². The molecule has 0 amide bonds. The molecule has 5 heteroatoms. The summed E-state index contributed by atoms with van der Waals surface area (Å²) in [4.78, 5) is 11.8. The molecule has 1 rings (SSSR count). The molecule has 0 aliphatic rings. The number of rotatable bonds is 4. The summed E-state index contributed by atoms with van der Waals surface area (Å²) in [5.41, 5.74) is 0.721. The number of ether oxygens (including phenoxy) is 1. The van der Waals surface area contributed by atoms with E-state index in [4.69, 9.17) is 16.3 Å². The number of thiol groups is 1. The van der Waals surface area contributed by atoms with Crippen molar-refractivity contribution in [2.75, 3.05) is 18.5 Å². The highest BCUT2D eigenvalue weighted by atomic mass is 35.5. The number of carbonyl (C=O) groups excluding carboxylic acids is 1. The maximum atomic E-state index is 11.1. The van der Waals surface area contributed by atoms with Crippen LogP contribution < -0.4 is 5.32 Å². The van der Waals surface area contributed by atoms with E-state index in [1.54, 1.807) is 25.1 Å². The Morgan fingerprint density at radius 2 is 2.33 bits per heavy atom. The second-order valence-corrected chi connectivity index (χ2v) is 3.74. The van der Waals surface area contributed by atoms with Crippen molar-refractivity contribution in [1.82, 2.24) is 0 Å². The van der Waals surface area contributed by atoms with Crippen LogP contribution in [0.15, 0.2) is 23.1 Å². The summed E-state index contributed by atoms with van der Waals surface area (Å²) < 4.78 is 4.77. The second-order valence-electron chi connectivity index (χ2n) is 2.82. The van der Waals surface area contributed by atoms with Crippen molar-refractivity contribution in [2.45, 2.75) is 11.8 Å². The Labute approximate surface area is 99.2 Å². The van der Waals surface area contributed by atoms with E-state index in [-0.39, 0.29) is 12.5 Å². The lowest BCUT2D eigenvalue weighted by molar-refractivity contribution is -0.140. The van der Waals surface area contributed by atoms with E-state index in [2.05, 4.69) is 17.9 Å². The smallest absolute Gasteiger partial charge is 0.325 e. The predicted octanol–water partition coefficient (Wildman–Crippen LogP) is 2.60. The third-order valence-corrected chi connectivity index (χ3v) is 2.31. The molecule has 15 heavy (non-hydrogen) atoms. The van der Waals surface area contributed by atoms with E-state index in [1.165, 1.54) is 0 Å². The Balaban J connectivity index is 2.57. The number of esters is 1. The van der Waals surface area contributed by atoms with Gasteiger partial charge in [-0.25, -0.2) is 0 Å². The summed E-state index contributed by atoms with van der Waals surface area (Å²) >= 11 is 10.0. The molecule has 3 nitrogen and oxygen atoms in total. The predicted molar refractivity (Wildman–Crippen MR) is 63.8 cm³/mol. The Morgan fingerprint density at radius 3 is 3.00 bits per heavy atom. The standard InChI is InChI=1S/C10H12ClNO2S/c1-2-14-10(13)6-12-8-5-7(11)3-4-9(8)15/h3-5,12,15H,2,6H2,1H3. The average molecular weight is 246 g/mol. The van der Waals surface area contributed by atoms with Gasteiger partial charge in [-0.05, 0) is 25.1 Å². The molecule has 0 spiro atoms. The molecule has 0 fully saturated rings. The number of anilines is 1. The number of hydrogen-bond donors (Lipinski definition) is 2. The molecule has 0 saturated carbocycles. The first kappa shape index (κ1) is 12.2. The summed E-state index contributed by atoms with van der Waals surface area (Å²) in [6.45, 7) is 2.26. The fraction of sp³-hybridized carbons (Fsp3) is 0.300. The van der Waals surface area contributed by atoms with Crippen LogP contribution in [-0.4, -0.2) is 19.1 Å².